The van der Waals surface area contributed by atoms with Crippen molar-refractivity contribution in [2.75, 3.05) is 51.7 Å². The number of methoxy groups -OCH3 is 4. The van der Waals surface area contributed by atoms with Gasteiger partial charge in [0, 0.05) is 91.7 Å². The van der Waals surface area contributed by atoms with Crippen LogP contribution in [0.1, 0.15) is 58.4 Å². The van der Waals surface area contributed by atoms with Gasteiger partial charge < -0.3 is 29.2 Å². The van der Waals surface area contributed by atoms with Gasteiger partial charge in [0.15, 0.2) is 5.03 Å². The van der Waals surface area contributed by atoms with Crippen molar-refractivity contribution >= 4 is 27.4 Å². The molecule has 1 amide bonds. The van der Waals surface area contributed by atoms with Crippen molar-refractivity contribution in [3.8, 4) is 34.8 Å². The third kappa shape index (κ3) is 9.26. The highest BCUT2D eigenvalue weighted by molar-refractivity contribution is 7.89. The predicted molar refractivity (Wildman–Crippen MR) is 203 cm³/mol. The van der Waals surface area contributed by atoms with Crippen molar-refractivity contribution in [1.29, 1.82) is 0 Å². The van der Waals surface area contributed by atoms with E-state index in [0.717, 1.165) is 12.8 Å². The molecule has 2 fully saturated rings. The van der Waals surface area contributed by atoms with E-state index in [9.17, 15) is 22.0 Å². The molecule has 4 aromatic rings. The van der Waals surface area contributed by atoms with E-state index in [1.165, 1.54) is 51.1 Å². The summed E-state index contributed by atoms with van der Waals surface area (Å²) in [7, 11) is 1.63. The van der Waals surface area contributed by atoms with E-state index < -0.39 is 21.9 Å². The molecular formula is C40H43F2N5O7S. The third-order valence-electron chi connectivity index (χ3n) is 9.50. The van der Waals surface area contributed by atoms with E-state index in [1.54, 1.807) is 54.3 Å². The van der Waals surface area contributed by atoms with Crippen molar-refractivity contribution in [2.45, 2.75) is 56.6 Å². The first-order valence-corrected chi connectivity index (χ1v) is 19.1. The van der Waals surface area contributed by atoms with Crippen molar-refractivity contribution in [3.05, 3.63) is 88.7 Å². The maximum atomic E-state index is 14.5. The number of nitrogens with zero attached hydrogens (tertiary/aromatic N) is 4. The summed E-state index contributed by atoms with van der Waals surface area (Å²) in [6.45, 7) is 1.55. The van der Waals surface area contributed by atoms with Crippen molar-refractivity contribution in [2.24, 2.45) is 5.92 Å². The third-order valence-corrected chi connectivity index (χ3v) is 11.2. The standard InChI is InChI=1S/C40H43F2N5O7S/c1-26-28(9-8-27-6-7-27)20-34(38(44-26)46-18-15-40(41,42)16-19-46)39(48)45-31-14-17-43-37(21-31)55(49,50)47(24-29-10-12-32(51-2)22-35(29)53-4)25-30-11-13-33(52-3)23-36(30)54-5/h10-14,17,20-23,27H,6-7,15-16,18-19,24-25H2,1-5H3,(H,43,45,48). The fourth-order valence-electron chi connectivity index (χ4n) is 6.11. The van der Waals surface area contributed by atoms with Crippen LogP contribution in [0.4, 0.5) is 20.3 Å². The van der Waals surface area contributed by atoms with E-state index >= 15 is 0 Å². The number of nitrogens with one attached hydrogen (secondary N) is 1. The van der Waals surface area contributed by atoms with Crippen molar-refractivity contribution < 1.29 is 40.9 Å². The van der Waals surface area contributed by atoms with Crippen LogP contribution in [0.25, 0.3) is 0 Å². The summed E-state index contributed by atoms with van der Waals surface area (Å²) >= 11 is 0. The molecule has 1 saturated carbocycles. The van der Waals surface area contributed by atoms with Crippen LogP contribution in [0.3, 0.4) is 0 Å². The number of ether oxygens (including phenoxy) is 4. The number of aromatic nitrogens is 2. The Labute approximate surface area is 319 Å². The highest BCUT2D eigenvalue weighted by Gasteiger charge is 2.36. The Bertz CT molecular complexity index is 2170. The molecule has 1 aliphatic carbocycles. The molecule has 0 bridgehead atoms. The molecular weight excluding hydrogens is 733 g/mol. The van der Waals surface area contributed by atoms with E-state index in [0.29, 0.717) is 51.3 Å². The summed E-state index contributed by atoms with van der Waals surface area (Å²) < 4.78 is 80.4. The quantitative estimate of drug-likeness (QED) is 0.151. The van der Waals surface area contributed by atoms with Gasteiger partial charge in [-0.05, 0) is 44.0 Å². The molecule has 3 heterocycles. The van der Waals surface area contributed by atoms with Gasteiger partial charge in [-0.1, -0.05) is 24.0 Å². The number of anilines is 2. The zero-order valence-electron chi connectivity index (χ0n) is 31.3. The molecule has 55 heavy (non-hydrogen) atoms. The second-order valence-electron chi connectivity index (χ2n) is 13.3. The van der Waals surface area contributed by atoms with Crippen LogP contribution in [0.5, 0.6) is 23.0 Å². The maximum absolute atomic E-state index is 14.5. The van der Waals surface area contributed by atoms with Crippen LogP contribution >= 0.6 is 0 Å². The first-order chi connectivity index (χ1) is 26.3. The van der Waals surface area contributed by atoms with Crippen LogP contribution in [-0.4, -0.2) is 76.0 Å². The number of hydrogen-bond acceptors (Lipinski definition) is 10. The topological polar surface area (TPSA) is 132 Å². The first kappa shape index (κ1) is 39.2. The van der Waals surface area contributed by atoms with Gasteiger partial charge in [-0.2, -0.15) is 4.31 Å². The molecule has 1 aliphatic heterocycles. The van der Waals surface area contributed by atoms with Gasteiger partial charge in [-0.3, -0.25) is 4.79 Å². The van der Waals surface area contributed by atoms with E-state index in [-0.39, 0.29) is 61.1 Å². The Kier molecular flexibility index (Phi) is 11.8. The fourth-order valence-corrected chi connectivity index (χ4v) is 7.46. The second-order valence-corrected chi connectivity index (χ2v) is 15.2. The summed E-state index contributed by atoms with van der Waals surface area (Å²) in [5.74, 6) is 5.37. The average Bonchev–Trinajstić information content (AvgIpc) is 4.02. The summed E-state index contributed by atoms with van der Waals surface area (Å²) in [5, 5.41) is 2.47. The van der Waals surface area contributed by atoms with Gasteiger partial charge in [-0.15, -0.1) is 0 Å². The summed E-state index contributed by atoms with van der Waals surface area (Å²) in [6.07, 6.45) is 2.57. The normalized spacial score (nSPS) is 15.2. The van der Waals surface area contributed by atoms with Gasteiger partial charge in [0.1, 0.15) is 28.8 Å². The number of alkyl halides is 2. The molecule has 12 nitrogen and oxygen atoms in total. The Morgan fingerprint density at radius 1 is 0.909 bits per heavy atom. The number of hydrogen-bond donors (Lipinski definition) is 1. The van der Waals surface area contributed by atoms with Crippen molar-refractivity contribution in [1.82, 2.24) is 14.3 Å². The Morgan fingerprint density at radius 3 is 2.05 bits per heavy atom. The first-order valence-electron chi connectivity index (χ1n) is 17.7. The molecule has 0 atom stereocenters. The van der Waals surface area contributed by atoms with E-state index in [1.807, 2.05) is 0 Å². The fraction of sp³-hybridized carbons (Fsp3) is 0.375. The zero-order chi connectivity index (χ0) is 39.3. The van der Waals surface area contributed by atoms with Crippen molar-refractivity contribution in [3.63, 3.8) is 0 Å². The molecule has 6 rings (SSSR count). The number of carbonyl (C=O) groups is 1. The predicted octanol–water partition coefficient (Wildman–Crippen LogP) is 6.46. The summed E-state index contributed by atoms with van der Waals surface area (Å²) in [6, 6.07) is 14.5. The van der Waals surface area contributed by atoms with Gasteiger partial charge in [0.05, 0.1) is 39.7 Å². The Balaban J connectivity index is 1.34. The second kappa shape index (κ2) is 16.5. The van der Waals surface area contributed by atoms with Gasteiger partial charge in [0.25, 0.3) is 21.9 Å². The van der Waals surface area contributed by atoms with E-state index in [2.05, 4.69) is 27.1 Å². The number of pyridine rings is 2. The average molecular weight is 776 g/mol. The minimum Gasteiger partial charge on any atom is -0.497 e. The number of carbonyl (C=O) groups excluding carboxylic acids is 1. The molecule has 2 aromatic heterocycles. The Morgan fingerprint density at radius 2 is 1.51 bits per heavy atom. The smallest absolute Gasteiger partial charge is 0.261 e. The highest BCUT2D eigenvalue weighted by Crippen LogP contribution is 2.34. The highest BCUT2D eigenvalue weighted by atomic mass is 32.2. The number of halogens is 2. The van der Waals surface area contributed by atoms with Crippen LogP contribution in [-0.2, 0) is 23.1 Å². The number of sulfonamides is 1. The zero-order valence-corrected chi connectivity index (χ0v) is 32.1. The maximum Gasteiger partial charge on any atom is 0.261 e. The summed E-state index contributed by atoms with van der Waals surface area (Å²) in [5.41, 5.74) is 2.52. The van der Waals surface area contributed by atoms with Crippen LogP contribution in [0, 0.1) is 24.7 Å². The lowest BCUT2D eigenvalue weighted by atomic mass is 10.0. The molecule has 1 saturated heterocycles. The van der Waals surface area contributed by atoms with Gasteiger partial charge >= 0.3 is 0 Å². The molecule has 2 aliphatic rings. The molecule has 0 unspecified atom stereocenters. The molecule has 2 aromatic carbocycles. The molecule has 15 heteroatoms. The minimum atomic E-state index is -4.37. The number of rotatable bonds is 13. The number of aryl methyl sites for hydroxylation is 1. The SMILES string of the molecule is COc1ccc(CN(Cc2ccc(OC)cc2OC)S(=O)(=O)c2cc(NC(=O)c3cc(C#CC4CC4)c(C)nc3N3CCC(F)(F)CC3)ccn2)c(OC)c1. The lowest BCUT2D eigenvalue weighted by Gasteiger charge is -2.33. The summed E-state index contributed by atoms with van der Waals surface area (Å²) in [4.78, 5) is 24.6. The van der Waals surface area contributed by atoms with Gasteiger partial charge in [-0.25, -0.2) is 27.2 Å². The lowest BCUT2D eigenvalue weighted by Crippen LogP contribution is -2.40. The number of benzene rings is 2. The minimum absolute atomic E-state index is 0.0122. The van der Waals surface area contributed by atoms with Crippen LogP contribution < -0.4 is 29.2 Å². The largest absolute Gasteiger partial charge is 0.497 e. The lowest BCUT2D eigenvalue weighted by molar-refractivity contribution is -0.0221. The van der Waals surface area contributed by atoms with E-state index in [4.69, 9.17) is 18.9 Å². The monoisotopic (exact) mass is 775 g/mol. The Hall–Kier alpha value is -5.46. The molecule has 290 valence electrons. The van der Waals surface area contributed by atoms with Crippen LogP contribution in [0.2, 0.25) is 0 Å². The number of piperidine rings is 1. The molecule has 0 spiro atoms. The van der Waals surface area contributed by atoms with Gasteiger partial charge in [0.2, 0.25) is 0 Å². The molecule has 0 radical (unpaired) electrons. The van der Waals surface area contributed by atoms with Crippen LogP contribution in [0.15, 0.2) is 65.8 Å². The molecule has 1 N–H and O–H groups in total. The number of amides is 1.